The van der Waals surface area contributed by atoms with Crippen LogP contribution in [0.15, 0.2) is 0 Å². The number of nitrogens with two attached hydrogens (primary N) is 1. The van der Waals surface area contributed by atoms with Crippen LogP contribution in [0.2, 0.25) is 0 Å². The maximum absolute atomic E-state index is 11.1. The number of ketones is 1. The van der Waals surface area contributed by atoms with Gasteiger partial charge in [-0.15, -0.1) is 0 Å². The Morgan fingerprint density at radius 2 is 1.92 bits per heavy atom. The summed E-state index contributed by atoms with van der Waals surface area (Å²) in [5.41, 5.74) is 5.16. The number of rotatable bonds is 5. The summed E-state index contributed by atoms with van der Waals surface area (Å²) >= 11 is 0. The fourth-order valence-electron chi connectivity index (χ4n) is 0.860. The first-order valence-corrected chi connectivity index (χ1v) is 4.10. The molecule has 0 heterocycles. The summed E-state index contributed by atoms with van der Waals surface area (Å²) in [4.78, 5) is 11.1. The lowest BCUT2D eigenvalue weighted by atomic mass is 9.98. The first kappa shape index (κ1) is 11.6. The number of carbonyl (C=O) groups is 1. The van der Waals surface area contributed by atoms with Crippen molar-refractivity contribution in [2.24, 2.45) is 11.7 Å². The molecule has 0 aromatic heterocycles. The number of Topliss-reactive ketones (excluding diaryl/α,β-unsaturated/α-hetero) is 1. The van der Waals surface area contributed by atoms with Crippen molar-refractivity contribution < 1.29 is 15.0 Å². The smallest absolute Gasteiger partial charge is 0.166 e. The monoisotopic (exact) mass is 175 g/mol. The quantitative estimate of drug-likeness (QED) is 0.515. The molecule has 0 aliphatic heterocycles. The molecular formula is C8H17NO3. The SMILES string of the molecule is CC(C)C(=O)[C@@H](O)C(O)CCN. The minimum atomic E-state index is -1.28. The van der Waals surface area contributed by atoms with Gasteiger partial charge in [-0.2, -0.15) is 0 Å². The number of aliphatic hydroxyl groups is 2. The molecule has 0 spiro atoms. The highest BCUT2D eigenvalue weighted by Gasteiger charge is 2.25. The Morgan fingerprint density at radius 1 is 1.42 bits per heavy atom. The van der Waals surface area contributed by atoms with E-state index in [1.165, 1.54) is 0 Å². The molecule has 0 fully saturated rings. The predicted octanol–water partition coefficient (Wildman–Crippen LogP) is -0.718. The lowest BCUT2D eigenvalue weighted by Crippen LogP contribution is -2.37. The molecule has 4 nitrogen and oxygen atoms in total. The van der Waals surface area contributed by atoms with Crippen LogP contribution in [-0.4, -0.2) is 34.7 Å². The van der Waals surface area contributed by atoms with Crippen LogP contribution < -0.4 is 5.73 Å². The van der Waals surface area contributed by atoms with Gasteiger partial charge in [-0.3, -0.25) is 4.79 Å². The summed E-state index contributed by atoms with van der Waals surface area (Å²) in [6.45, 7) is 3.63. The van der Waals surface area contributed by atoms with E-state index < -0.39 is 12.2 Å². The summed E-state index contributed by atoms with van der Waals surface area (Å²) < 4.78 is 0. The molecule has 4 N–H and O–H groups in total. The van der Waals surface area contributed by atoms with E-state index in [1.807, 2.05) is 0 Å². The van der Waals surface area contributed by atoms with E-state index in [2.05, 4.69) is 0 Å². The van der Waals surface area contributed by atoms with Gasteiger partial charge in [-0.25, -0.2) is 0 Å². The van der Waals surface area contributed by atoms with Crippen molar-refractivity contribution in [1.29, 1.82) is 0 Å². The third-order valence-corrected chi connectivity index (χ3v) is 1.69. The third-order valence-electron chi connectivity index (χ3n) is 1.69. The molecular weight excluding hydrogens is 158 g/mol. The average Bonchev–Trinajstić information content (AvgIpc) is 2.02. The third kappa shape index (κ3) is 3.30. The lowest BCUT2D eigenvalue weighted by Gasteiger charge is -2.17. The molecule has 0 aromatic rings. The Hall–Kier alpha value is -0.450. The molecule has 0 rings (SSSR count). The molecule has 0 aliphatic rings. The van der Waals surface area contributed by atoms with Gasteiger partial charge in [0, 0.05) is 5.92 Å². The fraction of sp³-hybridized carbons (Fsp3) is 0.875. The largest absolute Gasteiger partial charge is 0.390 e. The van der Waals surface area contributed by atoms with Crippen LogP contribution in [0.5, 0.6) is 0 Å². The van der Waals surface area contributed by atoms with E-state index in [4.69, 9.17) is 5.73 Å². The molecule has 4 heteroatoms. The van der Waals surface area contributed by atoms with E-state index >= 15 is 0 Å². The van der Waals surface area contributed by atoms with Crippen LogP contribution in [0.3, 0.4) is 0 Å². The normalized spacial score (nSPS) is 16.2. The summed E-state index contributed by atoms with van der Waals surface area (Å²) in [7, 11) is 0. The Morgan fingerprint density at radius 3 is 2.25 bits per heavy atom. The predicted molar refractivity (Wildman–Crippen MR) is 45.5 cm³/mol. The van der Waals surface area contributed by atoms with E-state index in [0.29, 0.717) is 0 Å². The van der Waals surface area contributed by atoms with Crippen LogP contribution in [-0.2, 0) is 4.79 Å². The van der Waals surface area contributed by atoms with E-state index in [0.717, 1.165) is 0 Å². The zero-order valence-electron chi connectivity index (χ0n) is 7.53. The minimum Gasteiger partial charge on any atom is -0.390 e. The molecule has 0 saturated heterocycles. The second-order valence-corrected chi connectivity index (χ2v) is 3.15. The topological polar surface area (TPSA) is 83.5 Å². The number of hydrogen-bond acceptors (Lipinski definition) is 4. The van der Waals surface area contributed by atoms with Crippen LogP contribution in [0.1, 0.15) is 20.3 Å². The Kier molecular flexibility index (Phi) is 5.04. The van der Waals surface area contributed by atoms with Gasteiger partial charge in [-0.1, -0.05) is 13.8 Å². The first-order valence-electron chi connectivity index (χ1n) is 4.10. The molecule has 0 aliphatic carbocycles. The Labute approximate surface area is 72.4 Å². The maximum Gasteiger partial charge on any atom is 0.166 e. The second-order valence-electron chi connectivity index (χ2n) is 3.15. The Balaban J connectivity index is 4.00. The van der Waals surface area contributed by atoms with Crippen LogP contribution >= 0.6 is 0 Å². The highest BCUT2D eigenvalue weighted by atomic mass is 16.3. The van der Waals surface area contributed by atoms with Crippen molar-refractivity contribution in [2.45, 2.75) is 32.5 Å². The molecule has 12 heavy (non-hydrogen) atoms. The zero-order chi connectivity index (χ0) is 9.72. The van der Waals surface area contributed by atoms with Gasteiger partial charge >= 0.3 is 0 Å². The van der Waals surface area contributed by atoms with Crippen molar-refractivity contribution in [2.75, 3.05) is 6.54 Å². The second kappa shape index (κ2) is 5.24. The molecule has 0 bridgehead atoms. The van der Waals surface area contributed by atoms with Gasteiger partial charge in [0.05, 0.1) is 6.10 Å². The molecule has 2 atom stereocenters. The fourth-order valence-corrected chi connectivity index (χ4v) is 0.860. The molecule has 1 unspecified atom stereocenters. The van der Waals surface area contributed by atoms with Crippen molar-refractivity contribution in [3.63, 3.8) is 0 Å². The van der Waals surface area contributed by atoms with Crippen molar-refractivity contribution >= 4 is 5.78 Å². The van der Waals surface area contributed by atoms with Gasteiger partial charge in [-0.05, 0) is 13.0 Å². The maximum atomic E-state index is 11.1. The molecule has 0 aromatic carbocycles. The average molecular weight is 175 g/mol. The lowest BCUT2D eigenvalue weighted by molar-refractivity contribution is -0.136. The minimum absolute atomic E-state index is 0.250. The van der Waals surface area contributed by atoms with Crippen LogP contribution in [0, 0.1) is 5.92 Å². The number of aliphatic hydroxyl groups excluding tert-OH is 2. The molecule has 0 amide bonds. The van der Waals surface area contributed by atoms with Gasteiger partial charge in [0.1, 0.15) is 6.10 Å². The molecule has 72 valence electrons. The van der Waals surface area contributed by atoms with E-state index in [9.17, 15) is 15.0 Å². The number of hydrogen-bond donors (Lipinski definition) is 3. The van der Waals surface area contributed by atoms with Gasteiger partial charge in [0.25, 0.3) is 0 Å². The summed E-state index contributed by atoms with van der Waals surface area (Å²) in [6.07, 6.45) is -2.06. The standard InChI is InChI=1S/C8H17NO3/c1-5(2)7(11)8(12)6(10)3-4-9/h5-6,8,10,12H,3-4,9H2,1-2H3/t6?,8-/m0/s1. The van der Waals surface area contributed by atoms with E-state index in [1.54, 1.807) is 13.8 Å². The highest BCUT2D eigenvalue weighted by molar-refractivity contribution is 5.85. The summed E-state index contributed by atoms with van der Waals surface area (Å²) in [5.74, 6) is -0.594. The number of carbonyl (C=O) groups excluding carboxylic acids is 1. The van der Waals surface area contributed by atoms with Crippen LogP contribution in [0.25, 0.3) is 0 Å². The van der Waals surface area contributed by atoms with Crippen LogP contribution in [0.4, 0.5) is 0 Å². The first-order chi connectivity index (χ1) is 5.50. The van der Waals surface area contributed by atoms with Crippen molar-refractivity contribution in [3.05, 3.63) is 0 Å². The van der Waals surface area contributed by atoms with Gasteiger partial charge in [0.2, 0.25) is 0 Å². The van der Waals surface area contributed by atoms with Gasteiger partial charge in [0.15, 0.2) is 5.78 Å². The summed E-state index contributed by atoms with van der Waals surface area (Å²) in [6, 6.07) is 0. The Bertz CT molecular complexity index is 147. The highest BCUT2D eigenvalue weighted by Crippen LogP contribution is 2.05. The molecule has 0 saturated carbocycles. The van der Waals surface area contributed by atoms with Crippen molar-refractivity contribution in [3.8, 4) is 0 Å². The van der Waals surface area contributed by atoms with Crippen molar-refractivity contribution in [1.82, 2.24) is 0 Å². The zero-order valence-corrected chi connectivity index (χ0v) is 7.53. The van der Waals surface area contributed by atoms with Gasteiger partial charge < -0.3 is 15.9 Å². The molecule has 0 radical (unpaired) electrons. The summed E-state index contributed by atoms with van der Waals surface area (Å²) in [5, 5.41) is 18.4. The van der Waals surface area contributed by atoms with E-state index in [-0.39, 0.29) is 24.7 Å².